The predicted octanol–water partition coefficient (Wildman–Crippen LogP) is 4.12. The predicted molar refractivity (Wildman–Crippen MR) is 99.1 cm³/mol. The van der Waals surface area contributed by atoms with E-state index in [2.05, 4.69) is 24.1 Å². The number of pyridine rings is 1. The van der Waals surface area contributed by atoms with Crippen LogP contribution in [0.25, 0.3) is 10.8 Å². The van der Waals surface area contributed by atoms with Crippen LogP contribution in [0.4, 0.5) is 0 Å². The zero-order valence-corrected chi connectivity index (χ0v) is 15.0. The Morgan fingerprint density at radius 2 is 2.04 bits per heavy atom. The number of aromatic nitrogens is 1. The SMILES string of the molecule is CC(C)CN[C@H]1CC[C@@H](Oc2cc3cc[nH]c(=O)c3cc2Cl)CC1. The number of nitrogens with one attached hydrogen (secondary N) is 2. The number of ether oxygens (including phenoxy) is 1. The largest absolute Gasteiger partial charge is 0.489 e. The van der Waals surface area contributed by atoms with Crippen LogP contribution in [0.1, 0.15) is 39.5 Å². The molecule has 2 aromatic rings. The molecule has 0 atom stereocenters. The summed E-state index contributed by atoms with van der Waals surface area (Å²) in [5, 5.41) is 5.57. The zero-order chi connectivity index (χ0) is 17.1. The highest BCUT2D eigenvalue weighted by molar-refractivity contribution is 6.32. The lowest BCUT2D eigenvalue weighted by molar-refractivity contribution is 0.139. The number of H-pyrrole nitrogens is 1. The molecule has 0 radical (unpaired) electrons. The van der Waals surface area contributed by atoms with Crippen LogP contribution in [-0.4, -0.2) is 23.7 Å². The molecule has 24 heavy (non-hydrogen) atoms. The van der Waals surface area contributed by atoms with Gasteiger partial charge in [0.2, 0.25) is 0 Å². The van der Waals surface area contributed by atoms with E-state index >= 15 is 0 Å². The van der Waals surface area contributed by atoms with Gasteiger partial charge in [-0.15, -0.1) is 0 Å². The molecule has 1 aliphatic rings. The van der Waals surface area contributed by atoms with E-state index in [-0.39, 0.29) is 11.7 Å². The van der Waals surface area contributed by atoms with Crippen molar-refractivity contribution < 1.29 is 4.74 Å². The highest BCUT2D eigenvalue weighted by Crippen LogP contribution is 2.32. The zero-order valence-electron chi connectivity index (χ0n) is 14.3. The summed E-state index contributed by atoms with van der Waals surface area (Å²) in [6.45, 7) is 5.53. The lowest BCUT2D eigenvalue weighted by Gasteiger charge is -2.30. The van der Waals surface area contributed by atoms with Gasteiger partial charge in [-0.05, 0) is 61.7 Å². The van der Waals surface area contributed by atoms with Crippen molar-refractivity contribution >= 4 is 22.4 Å². The van der Waals surface area contributed by atoms with Crippen molar-refractivity contribution in [2.75, 3.05) is 6.54 Å². The third-order valence-electron chi connectivity index (χ3n) is 4.61. The van der Waals surface area contributed by atoms with Crippen LogP contribution in [0.2, 0.25) is 5.02 Å². The van der Waals surface area contributed by atoms with Gasteiger partial charge in [-0.25, -0.2) is 0 Å². The minimum atomic E-state index is -0.127. The smallest absolute Gasteiger partial charge is 0.255 e. The molecule has 5 heteroatoms. The lowest BCUT2D eigenvalue weighted by Crippen LogP contribution is -2.37. The Morgan fingerprint density at radius 1 is 1.29 bits per heavy atom. The van der Waals surface area contributed by atoms with E-state index in [4.69, 9.17) is 16.3 Å². The summed E-state index contributed by atoms with van der Waals surface area (Å²) in [5.41, 5.74) is -0.127. The number of aromatic amines is 1. The minimum absolute atomic E-state index is 0.127. The number of hydrogen-bond donors (Lipinski definition) is 2. The number of halogens is 1. The molecule has 0 saturated heterocycles. The van der Waals surface area contributed by atoms with Gasteiger partial charge in [-0.3, -0.25) is 4.79 Å². The van der Waals surface area contributed by atoms with Gasteiger partial charge in [0.1, 0.15) is 5.75 Å². The number of hydrogen-bond acceptors (Lipinski definition) is 3. The standard InChI is InChI=1S/C19H25ClN2O2/c1-12(2)11-22-14-3-5-15(6-4-14)24-18-9-13-7-8-21-19(23)16(13)10-17(18)20/h7-10,12,14-15,22H,3-6,11H2,1-2H3,(H,21,23)/t14-,15+. The summed E-state index contributed by atoms with van der Waals surface area (Å²) in [6.07, 6.45) is 6.15. The highest BCUT2D eigenvalue weighted by atomic mass is 35.5. The van der Waals surface area contributed by atoms with Crippen molar-refractivity contribution in [3.63, 3.8) is 0 Å². The summed E-state index contributed by atoms with van der Waals surface area (Å²) in [5.74, 6) is 1.35. The second kappa shape index (κ2) is 7.58. The maximum absolute atomic E-state index is 11.8. The maximum Gasteiger partial charge on any atom is 0.255 e. The summed E-state index contributed by atoms with van der Waals surface area (Å²) >= 11 is 6.32. The average molecular weight is 349 g/mol. The van der Waals surface area contributed by atoms with Crippen LogP contribution in [0.15, 0.2) is 29.2 Å². The van der Waals surface area contributed by atoms with E-state index in [1.54, 1.807) is 12.3 Å². The van der Waals surface area contributed by atoms with Crippen LogP contribution in [0.3, 0.4) is 0 Å². The third kappa shape index (κ3) is 4.11. The summed E-state index contributed by atoms with van der Waals surface area (Å²) in [4.78, 5) is 14.5. The van der Waals surface area contributed by atoms with Gasteiger partial charge < -0.3 is 15.0 Å². The van der Waals surface area contributed by atoms with Crippen molar-refractivity contribution in [1.29, 1.82) is 0 Å². The van der Waals surface area contributed by atoms with Crippen LogP contribution < -0.4 is 15.6 Å². The molecule has 0 amide bonds. The van der Waals surface area contributed by atoms with E-state index < -0.39 is 0 Å². The van der Waals surface area contributed by atoms with E-state index in [1.165, 1.54) is 0 Å². The summed E-state index contributed by atoms with van der Waals surface area (Å²) < 4.78 is 6.14. The first-order valence-corrected chi connectivity index (χ1v) is 9.11. The van der Waals surface area contributed by atoms with Gasteiger partial charge >= 0.3 is 0 Å². The number of fused-ring (bicyclic) bond motifs is 1. The molecule has 1 fully saturated rings. The molecule has 1 aromatic heterocycles. The summed E-state index contributed by atoms with van der Waals surface area (Å²) in [6, 6.07) is 6.03. The minimum Gasteiger partial charge on any atom is -0.489 e. The molecule has 1 aromatic carbocycles. The van der Waals surface area contributed by atoms with Crippen molar-refractivity contribution in [2.45, 2.75) is 51.7 Å². The normalized spacial score (nSPS) is 21.3. The van der Waals surface area contributed by atoms with E-state index in [0.29, 0.717) is 28.1 Å². The van der Waals surface area contributed by atoms with Gasteiger partial charge in [0.25, 0.3) is 5.56 Å². The fourth-order valence-corrected chi connectivity index (χ4v) is 3.45. The molecule has 1 saturated carbocycles. The fraction of sp³-hybridized carbons (Fsp3) is 0.526. The molecule has 0 aliphatic heterocycles. The Hall–Kier alpha value is -1.52. The van der Waals surface area contributed by atoms with E-state index in [9.17, 15) is 4.79 Å². The molecule has 2 N–H and O–H groups in total. The Labute approximate surface area is 147 Å². The van der Waals surface area contributed by atoms with Crippen molar-refractivity contribution in [1.82, 2.24) is 10.3 Å². The Bertz CT molecular complexity index is 749. The molecule has 4 nitrogen and oxygen atoms in total. The van der Waals surface area contributed by atoms with Crippen molar-refractivity contribution in [3.05, 3.63) is 39.8 Å². The first-order valence-electron chi connectivity index (χ1n) is 8.74. The van der Waals surface area contributed by atoms with Crippen LogP contribution in [0, 0.1) is 5.92 Å². The molecule has 0 unspecified atom stereocenters. The molecule has 0 bridgehead atoms. The van der Waals surface area contributed by atoms with E-state index in [0.717, 1.165) is 37.6 Å². The van der Waals surface area contributed by atoms with Gasteiger partial charge in [0, 0.05) is 17.6 Å². The Kier molecular flexibility index (Phi) is 5.47. The van der Waals surface area contributed by atoms with Gasteiger partial charge in [-0.2, -0.15) is 0 Å². The molecule has 130 valence electrons. The third-order valence-corrected chi connectivity index (χ3v) is 4.90. The second-order valence-electron chi connectivity index (χ2n) is 7.07. The highest BCUT2D eigenvalue weighted by Gasteiger charge is 2.23. The first kappa shape index (κ1) is 17.3. The second-order valence-corrected chi connectivity index (χ2v) is 7.48. The molecule has 0 spiro atoms. The molecular formula is C19H25ClN2O2. The topological polar surface area (TPSA) is 54.1 Å². The van der Waals surface area contributed by atoms with Gasteiger partial charge in [-0.1, -0.05) is 25.4 Å². The van der Waals surface area contributed by atoms with Crippen LogP contribution in [-0.2, 0) is 0 Å². The summed E-state index contributed by atoms with van der Waals surface area (Å²) in [7, 11) is 0. The molecular weight excluding hydrogens is 324 g/mol. The molecule has 3 rings (SSSR count). The van der Waals surface area contributed by atoms with Crippen LogP contribution in [0.5, 0.6) is 5.75 Å². The van der Waals surface area contributed by atoms with Gasteiger partial charge in [0.15, 0.2) is 0 Å². The molecule has 1 aliphatic carbocycles. The number of benzene rings is 1. The fourth-order valence-electron chi connectivity index (χ4n) is 3.25. The quantitative estimate of drug-likeness (QED) is 0.854. The maximum atomic E-state index is 11.8. The van der Waals surface area contributed by atoms with Crippen LogP contribution >= 0.6 is 11.6 Å². The molecule has 1 heterocycles. The van der Waals surface area contributed by atoms with Crippen molar-refractivity contribution in [3.8, 4) is 5.75 Å². The monoisotopic (exact) mass is 348 g/mol. The van der Waals surface area contributed by atoms with Gasteiger partial charge in [0.05, 0.1) is 11.1 Å². The first-order chi connectivity index (χ1) is 11.5. The Morgan fingerprint density at radius 3 is 2.75 bits per heavy atom. The van der Waals surface area contributed by atoms with Crippen molar-refractivity contribution in [2.24, 2.45) is 5.92 Å². The van der Waals surface area contributed by atoms with E-state index in [1.807, 2.05) is 12.1 Å². The number of rotatable bonds is 5. The average Bonchev–Trinajstić information content (AvgIpc) is 2.56. The Balaban J connectivity index is 1.64. The lowest BCUT2D eigenvalue weighted by atomic mass is 9.92.